The lowest BCUT2D eigenvalue weighted by Gasteiger charge is -2.17. The van der Waals surface area contributed by atoms with Crippen LogP contribution >= 0.6 is 11.8 Å². The van der Waals surface area contributed by atoms with Crippen molar-refractivity contribution >= 4 is 29.0 Å². The van der Waals surface area contributed by atoms with Gasteiger partial charge in [0.1, 0.15) is 6.33 Å². The number of hydrogen-bond donors (Lipinski definition) is 2. The van der Waals surface area contributed by atoms with E-state index in [2.05, 4.69) is 15.3 Å². The fraction of sp³-hybridized carbons (Fsp3) is 0.154. The molecule has 1 aromatic heterocycles. The van der Waals surface area contributed by atoms with Gasteiger partial charge in [-0.15, -0.1) is 11.8 Å². The third-order valence-corrected chi connectivity index (χ3v) is 4.04. The zero-order valence-corrected chi connectivity index (χ0v) is 11.1. The second kappa shape index (κ2) is 4.55. The maximum absolute atomic E-state index is 11.4. The molecule has 2 aromatic rings. The number of nitrogens with zero attached hydrogens (tertiary/aromatic N) is 2. The number of rotatable bonds is 1. The third-order valence-electron chi connectivity index (χ3n) is 2.97. The van der Waals surface area contributed by atoms with Crippen LogP contribution in [0, 0.1) is 6.92 Å². The maximum Gasteiger partial charge on any atom is 0.234 e. The monoisotopic (exact) mass is 272 g/mol. The predicted octanol–water partition coefficient (Wildman–Crippen LogP) is 2.08. The number of nitrogen functional groups attached to an aromatic ring is 1. The van der Waals surface area contributed by atoms with Crippen LogP contribution in [-0.4, -0.2) is 21.6 Å². The molecule has 0 saturated carbocycles. The molecule has 0 bridgehead atoms. The maximum atomic E-state index is 11.4. The number of amides is 1. The van der Waals surface area contributed by atoms with Crippen molar-refractivity contribution in [2.45, 2.75) is 11.8 Å². The number of aryl methyl sites for hydroxylation is 1. The Labute approximate surface area is 114 Å². The van der Waals surface area contributed by atoms with Crippen LogP contribution in [0.4, 0.5) is 11.4 Å². The van der Waals surface area contributed by atoms with E-state index in [0.29, 0.717) is 17.1 Å². The average Bonchev–Trinajstić information content (AvgIpc) is 2.41. The summed E-state index contributed by atoms with van der Waals surface area (Å²) in [5.41, 5.74) is 9.71. The molecule has 96 valence electrons. The van der Waals surface area contributed by atoms with Gasteiger partial charge >= 0.3 is 0 Å². The summed E-state index contributed by atoms with van der Waals surface area (Å²) in [7, 11) is 0. The topological polar surface area (TPSA) is 80.9 Å². The Kier molecular flexibility index (Phi) is 2.87. The molecule has 1 aliphatic rings. The first-order valence-electron chi connectivity index (χ1n) is 5.79. The molecular weight excluding hydrogens is 260 g/mol. The summed E-state index contributed by atoms with van der Waals surface area (Å²) in [6.45, 7) is 1.84. The van der Waals surface area contributed by atoms with Gasteiger partial charge in [0.15, 0.2) is 0 Å². The fourth-order valence-electron chi connectivity index (χ4n) is 1.94. The lowest BCUT2D eigenvalue weighted by molar-refractivity contribution is -0.113. The zero-order valence-electron chi connectivity index (χ0n) is 10.3. The standard InChI is InChI=1S/C13H12N4OS/c1-7-12(14)13(16-6-15-7)8-2-3-10-9(4-8)17-11(18)5-19-10/h2-4,6H,5,14H2,1H3,(H,17,18). The minimum atomic E-state index is 0.0153. The Hall–Kier alpha value is -2.08. The molecule has 3 rings (SSSR count). The van der Waals surface area contributed by atoms with Crippen LogP contribution in [0.3, 0.4) is 0 Å². The zero-order chi connectivity index (χ0) is 13.4. The van der Waals surface area contributed by atoms with E-state index in [9.17, 15) is 4.79 Å². The Morgan fingerprint density at radius 2 is 2.21 bits per heavy atom. The van der Waals surface area contributed by atoms with Crippen molar-refractivity contribution in [2.75, 3.05) is 16.8 Å². The number of nitrogens with one attached hydrogen (secondary N) is 1. The van der Waals surface area contributed by atoms with Gasteiger partial charge in [-0.2, -0.15) is 0 Å². The van der Waals surface area contributed by atoms with E-state index < -0.39 is 0 Å². The SMILES string of the molecule is Cc1ncnc(-c2ccc3c(c2)NC(=O)CS3)c1N. The van der Waals surface area contributed by atoms with Crippen LogP contribution in [0.25, 0.3) is 11.3 Å². The van der Waals surface area contributed by atoms with Gasteiger partial charge in [-0.1, -0.05) is 6.07 Å². The molecule has 0 aliphatic carbocycles. The highest BCUT2D eigenvalue weighted by Crippen LogP contribution is 2.35. The number of benzene rings is 1. The molecule has 1 amide bonds. The van der Waals surface area contributed by atoms with Crippen LogP contribution in [0.15, 0.2) is 29.4 Å². The average molecular weight is 272 g/mol. The van der Waals surface area contributed by atoms with Crippen LogP contribution < -0.4 is 11.1 Å². The summed E-state index contributed by atoms with van der Waals surface area (Å²) < 4.78 is 0. The summed E-state index contributed by atoms with van der Waals surface area (Å²) in [5, 5.41) is 2.86. The van der Waals surface area contributed by atoms with Crippen LogP contribution in [0.2, 0.25) is 0 Å². The van der Waals surface area contributed by atoms with Gasteiger partial charge < -0.3 is 11.1 Å². The van der Waals surface area contributed by atoms with Crippen molar-refractivity contribution in [3.8, 4) is 11.3 Å². The van der Waals surface area contributed by atoms with Gasteiger partial charge in [0, 0.05) is 10.5 Å². The number of anilines is 2. The van der Waals surface area contributed by atoms with Crippen molar-refractivity contribution < 1.29 is 4.79 Å². The molecular formula is C13H12N4OS. The Bertz CT molecular complexity index is 672. The van der Waals surface area contributed by atoms with E-state index in [4.69, 9.17) is 5.73 Å². The first-order valence-corrected chi connectivity index (χ1v) is 6.78. The predicted molar refractivity (Wildman–Crippen MR) is 76.0 cm³/mol. The lowest BCUT2D eigenvalue weighted by Crippen LogP contribution is -2.18. The molecule has 0 atom stereocenters. The summed E-state index contributed by atoms with van der Waals surface area (Å²) in [4.78, 5) is 20.8. The minimum absolute atomic E-state index is 0.0153. The van der Waals surface area contributed by atoms with Crippen molar-refractivity contribution in [1.82, 2.24) is 9.97 Å². The number of aromatic nitrogens is 2. The fourth-order valence-corrected chi connectivity index (χ4v) is 2.73. The van der Waals surface area contributed by atoms with Crippen LogP contribution in [-0.2, 0) is 4.79 Å². The summed E-state index contributed by atoms with van der Waals surface area (Å²) in [6.07, 6.45) is 1.49. The highest BCUT2D eigenvalue weighted by atomic mass is 32.2. The van der Waals surface area contributed by atoms with Gasteiger partial charge in [0.25, 0.3) is 0 Å². The van der Waals surface area contributed by atoms with Gasteiger partial charge in [0.05, 0.1) is 28.5 Å². The first-order chi connectivity index (χ1) is 9.15. The van der Waals surface area contributed by atoms with Gasteiger partial charge in [-0.25, -0.2) is 9.97 Å². The van der Waals surface area contributed by atoms with Crippen molar-refractivity contribution in [3.05, 3.63) is 30.2 Å². The Balaban J connectivity index is 2.09. The van der Waals surface area contributed by atoms with Gasteiger partial charge in [0.2, 0.25) is 5.91 Å². The molecule has 6 heteroatoms. The molecule has 1 aromatic carbocycles. The second-order valence-corrected chi connectivity index (χ2v) is 5.29. The summed E-state index contributed by atoms with van der Waals surface area (Å²) in [5.74, 6) is 0.475. The number of carbonyl (C=O) groups excluding carboxylic acids is 1. The van der Waals surface area contributed by atoms with Crippen LogP contribution in [0.1, 0.15) is 5.69 Å². The van der Waals surface area contributed by atoms with E-state index in [1.54, 1.807) is 0 Å². The van der Waals surface area contributed by atoms with Crippen molar-refractivity contribution in [3.63, 3.8) is 0 Å². The van der Waals surface area contributed by atoms with Crippen molar-refractivity contribution in [2.24, 2.45) is 0 Å². The minimum Gasteiger partial charge on any atom is -0.395 e. The van der Waals surface area contributed by atoms with Gasteiger partial charge in [-0.05, 0) is 19.1 Å². The molecule has 0 saturated heterocycles. The number of thioether (sulfide) groups is 1. The smallest absolute Gasteiger partial charge is 0.234 e. The van der Waals surface area contributed by atoms with E-state index in [-0.39, 0.29) is 5.91 Å². The summed E-state index contributed by atoms with van der Waals surface area (Å²) >= 11 is 1.53. The van der Waals surface area contributed by atoms with E-state index in [1.807, 2.05) is 25.1 Å². The number of hydrogen-bond acceptors (Lipinski definition) is 5. The van der Waals surface area contributed by atoms with Crippen molar-refractivity contribution in [1.29, 1.82) is 0 Å². The number of carbonyl (C=O) groups is 1. The highest BCUT2D eigenvalue weighted by Gasteiger charge is 2.17. The van der Waals surface area contributed by atoms with E-state index >= 15 is 0 Å². The highest BCUT2D eigenvalue weighted by molar-refractivity contribution is 8.00. The van der Waals surface area contributed by atoms with E-state index in [0.717, 1.165) is 21.8 Å². The van der Waals surface area contributed by atoms with E-state index in [1.165, 1.54) is 18.1 Å². The Morgan fingerprint density at radius 3 is 3.05 bits per heavy atom. The molecule has 0 fully saturated rings. The molecule has 0 spiro atoms. The summed E-state index contributed by atoms with van der Waals surface area (Å²) in [6, 6.07) is 5.84. The second-order valence-electron chi connectivity index (χ2n) is 4.27. The Morgan fingerprint density at radius 1 is 1.37 bits per heavy atom. The first kappa shape index (κ1) is 12.0. The third kappa shape index (κ3) is 2.15. The van der Waals surface area contributed by atoms with Gasteiger partial charge in [-0.3, -0.25) is 4.79 Å². The largest absolute Gasteiger partial charge is 0.395 e. The molecule has 3 N–H and O–H groups in total. The molecule has 19 heavy (non-hydrogen) atoms. The normalized spacial score (nSPS) is 13.8. The quantitative estimate of drug-likeness (QED) is 0.830. The molecule has 0 radical (unpaired) electrons. The van der Waals surface area contributed by atoms with Crippen LogP contribution in [0.5, 0.6) is 0 Å². The lowest BCUT2D eigenvalue weighted by atomic mass is 10.1. The molecule has 0 unspecified atom stereocenters. The molecule has 1 aliphatic heterocycles. The molecule has 2 heterocycles. The number of fused-ring (bicyclic) bond motifs is 1. The molecule has 5 nitrogen and oxygen atoms in total. The number of nitrogens with two attached hydrogens (primary N) is 1.